The summed E-state index contributed by atoms with van der Waals surface area (Å²) in [5.41, 5.74) is 0.674. The zero-order chi connectivity index (χ0) is 17.0. The molecule has 23 heavy (non-hydrogen) atoms. The number of carbonyl (C=O) groups excluding carboxylic acids is 1. The van der Waals surface area contributed by atoms with Crippen molar-refractivity contribution in [3.05, 3.63) is 51.2 Å². The number of hydrogen-bond donors (Lipinski definition) is 1. The molecule has 0 radical (unpaired) electrons. The molecule has 1 heterocycles. The van der Waals surface area contributed by atoms with E-state index in [2.05, 4.69) is 10.3 Å². The van der Waals surface area contributed by atoms with Crippen molar-refractivity contribution in [1.29, 1.82) is 0 Å². The van der Waals surface area contributed by atoms with Crippen molar-refractivity contribution in [2.24, 2.45) is 0 Å². The number of aryl methyl sites for hydroxylation is 2. The Morgan fingerprint density at radius 2 is 2.17 bits per heavy atom. The van der Waals surface area contributed by atoms with Crippen LogP contribution in [-0.4, -0.2) is 22.4 Å². The number of benzene rings is 1. The van der Waals surface area contributed by atoms with Crippen LogP contribution in [0.3, 0.4) is 0 Å². The number of ether oxygens (including phenoxy) is 1. The molecule has 8 nitrogen and oxygen atoms in total. The average Bonchev–Trinajstić information content (AvgIpc) is 2.84. The van der Waals surface area contributed by atoms with E-state index in [4.69, 9.17) is 9.15 Å². The normalized spacial score (nSPS) is 10.4. The number of nitro benzene ring substituents is 1. The molecule has 0 aliphatic carbocycles. The van der Waals surface area contributed by atoms with E-state index in [0.717, 1.165) is 5.69 Å². The van der Waals surface area contributed by atoms with Gasteiger partial charge in [-0.3, -0.25) is 14.9 Å². The summed E-state index contributed by atoms with van der Waals surface area (Å²) in [6.45, 7) is 5.72. The van der Waals surface area contributed by atoms with E-state index in [1.807, 2.05) is 0 Å². The predicted octanol–water partition coefficient (Wildman–Crippen LogP) is 2.53. The van der Waals surface area contributed by atoms with Crippen LogP contribution in [-0.2, 0) is 6.54 Å². The molecule has 122 valence electrons. The zero-order valence-corrected chi connectivity index (χ0v) is 13.1. The molecular formula is C15H17N3O5. The Kier molecular flexibility index (Phi) is 4.95. The van der Waals surface area contributed by atoms with Gasteiger partial charge in [0.2, 0.25) is 5.89 Å². The predicted molar refractivity (Wildman–Crippen MR) is 81.4 cm³/mol. The maximum Gasteiger partial charge on any atom is 0.311 e. The number of nitrogens with one attached hydrogen (secondary N) is 1. The average molecular weight is 319 g/mol. The molecule has 0 aliphatic heterocycles. The van der Waals surface area contributed by atoms with Crippen LogP contribution < -0.4 is 10.1 Å². The van der Waals surface area contributed by atoms with Crippen LogP contribution in [0.15, 0.2) is 22.6 Å². The van der Waals surface area contributed by atoms with Gasteiger partial charge < -0.3 is 14.5 Å². The van der Waals surface area contributed by atoms with Crippen LogP contribution in [0.1, 0.15) is 34.6 Å². The fraction of sp³-hybridized carbons (Fsp3) is 0.333. The van der Waals surface area contributed by atoms with E-state index < -0.39 is 10.8 Å². The maximum atomic E-state index is 12.1. The van der Waals surface area contributed by atoms with Crippen molar-refractivity contribution in [3.8, 4) is 5.75 Å². The van der Waals surface area contributed by atoms with Crippen molar-refractivity contribution in [2.45, 2.75) is 27.3 Å². The van der Waals surface area contributed by atoms with E-state index in [1.54, 1.807) is 20.8 Å². The maximum absolute atomic E-state index is 12.1. The highest BCUT2D eigenvalue weighted by molar-refractivity contribution is 5.95. The van der Waals surface area contributed by atoms with E-state index in [1.165, 1.54) is 18.2 Å². The second-order valence-electron chi connectivity index (χ2n) is 4.80. The number of rotatable bonds is 6. The minimum absolute atomic E-state index is 0.106. The molecule has 0 fully saturated rings. The number of aromatic nitrogens is 1. The molecule has 8 heteroatoms. The number of carbonyl (C=O) groups is 1. The SMILES string of the molecule is CCOc1ccc(C(=O)NCc2nc(C)c(C)o2)cc1[N+](=O)[O-]. The minimum atomic E-state index is -0.581. The minimum Gasteiger partial charge on any atom is -0.487 e. The third-order valence-electron chi connectivity index (χ3n) is 3.19. The zero-order valence-electron chi connectivity index (χ0n) is 13.1. The number of oxazole rings is 1. The lowest BCUT2D eigenvalue weighted by Crippen LogP contribution is -2.23. The summed E-state index contributed by atoms with van der Waals surface area (Å²) in [5, 5.41) is 13.7. The largest absolute Gasteiger partial charge is 0.487 e. The van der Waals surface area contributed by atoms with E-state index >= 15 is 0 Å². The van der Waals surface area contributed by atoms with Gasteiger partial charge in [0.1, 0.15) is 5.76 Å². The molecule has 0 saturated carbocycles. The van der Waals surface area contributed by atoms with Gasteiger partial charge in [-0.15, -0.1) is 0 Å². The van der Waals surface area contributed by atoms with Crippen LogP contribution in [0.25, 0.3) is 0 Å². The van der Waals surface area contributed by atoms with Gasteiger partial charge in [-0.2, -0.15) is 0 Å². The Bertz CT molecular complexity index is 719. The van der Waals surface area contributed by atoms with Crippen molar-refractivity contribution in [2.75, 3.05) is 6.61 Å². The van der Waals surface area contributed by atoms with Gasteiger partial charge in [-0.25, -0.2) is 4.98 Å². The summed E-state index contributed by atoms with van der Waals surface area (Å²) in [4.78, 5) is 26.7. The molecule has 0 atom stereocenters. The fourth-order valence-corrected chi connectivity index (χ4v) is 1.95. The number of nitro groups is 1. The molecule has 1 N–H and O–H groups in total. The van der Waals surface area contributed by atoms with Crippen molar-refractivity contribution >= 4 is 11.6 Å². The molecule has 0 aliphatic rings. The molecule has 1 amide bonds. The molecule has 0 saturated heterocycles. The first kappa shape index (κ1) is 16.5. The second-order valence-corrected chi connectivity index (χ2v) is 4.80. The lowest BCUT2D eigenvalue weighted by molar-refractivity contribution is -0.385. The Morgan fingerprint density at radius 3 is 2.74 bits per heavy atom. The summed E-state index contributed by atoms with van der Waals surface area (Å²) in [5.74, 6) is 0.748. The number of amides is 1. The first-order chi connectivity index (χ1) is 10.9. The van der Waals surface area contributed by atoms with Gasteiger partial charge in [0.05, 0.1) is 23.8 Å². The third kappa shape index (κ3) is 3.85. The highest BCUT2D eigenvalue weighted by Crippen LogP contribution is 2.28. The lowest BCUT2D eigenvalue weighted by atomic mass is 10.1. The summed E-state index contributed by atoms with van der Waals surface area (Å²) >= 11 is 0. The quantitative estimate of drug-likeness (QED) is 0.647. The van der Waals surface area contributed by atoms with Crippen molar-refractivity contribution in [1.82, 2.24) is 10.3 Å². The van der Waals surface area contributed by atoms with E-state index in [9.17, 15) is 14.9 Å². The monoisotopic (exact) mass is 319 g/mol. The second kappa shape index (κ2) is 6.91. The van der Waals surface area contributed by atoms with Crippen LogP contribution in [0.4, 0.5) is 5.69 Å². The number of hydrogen-bond acceptors (Lipinski definition) is 6. The summed E-state index contributed by atoms with van der Waals surface area (Å²) in [6, 6.07) is 4.07. The summed E-state index contributed by atoms with van der Waals surface area (Å²) in [6.07, 6.45) is 0. The molecule has 0 spiro atoms. The fourth-order valence-electron chi connectivity index (χ4n) is 1.95. The van der Waals surface area contributed by atoms with Gasteiger partial charge >= 0.3 is 5.69 Å². The highest BCUT2D eigenvalue weighted by Gasteiger charge is 2.19. The van der Waals surface area contributed by atoms with Crippen LogP contribution >= 0.6 is 0 Å². The van der Waals surface area contributed by atoms with Crippen LogP contribution in [0.2, 0.25) is 0 Å². The molecule has 1 aromatic heterocycles. The Hall–Kier alpha value is -2.90. The molecule has 0 unspecified atom stereocenters. The van der Waals surface area contributed by atoms with Gasteiger partial charge in [0.15, 0.2) is 5.75 Å². The van der Waals surface area contributed by atoms with Crippen LogP contribution in [0.5, 0.6) is 5.75 Å². The highest BCUT2D eigenvalue weighted by atomic mass is 16.6. The summed E-state index contributed by atoms with van der Waals surface area (Å²) < 4.78 is 10.5. The standard InChI is InChI=1S/C15H17N3O5/c1-4-22-13-6-5-11(7-12(13)18(20)21)15(19)16-8-14-17-9(2)10(3)23-14/h5-7H,4,8H2,1-3H3,(H,16,19). The van der Waals surface area contributed by atoms with Gasteiger partial charge in [-0.1, -0.05) is 0 Å². The number of nitrogens with zero attached hydrogens (tertiary/aromatic N) is 2. The van der Waals surface area contributed by atoms with Crippen LogP contribution in [0, 0.1) is 24.0 Å². The first-order valence-corrected chi connectivity index (χ1v) is 7.04. The Labute approximate surface area is 132 Å². The van der Waals surface area contributed by atoms with Crippen molar-refractivity contribution in [3.63, 3.8) is 0 Å². The molecule has 1 aromatic carbocycles. The Morgan fingerprint density at radius 1 is 1.43 bits per heavy atom. The van der Waals surface area contributed by atoms with E-state index in [0.29, 0.717) is 18.3 Å². The smallest absolute Gasteiger partial charge is 0.311 e. The van der Waals surface area contributed by atoms with E-state index in [-0.39, 0.29) is 23.5 Å². The van der Waals surface area contributed by atoms with Gasteiger partial charge in [0.25, 0.3) is 5.91 Å². The molecular weight excluding hydrogens is 302 g/mol. The topological polar surface area (TPSA) is 108 Å². The third-order valence-corrected chi connectivity index (χ3v) is 3.19. The Balaban J connectivity index is 2.12. The van der Waals surface area contributed by atoms with Gasteiger partial charge in [0, 0.05) is 11.6 Å². The van der Waals surface area contributed by atoms with Gasteiger partial charge in [-0.05, 0) is 32.9 Å². The molecule has 0 bridgehead atoms. The summed E-state index contributed by atoms with van der Waals surface area (Å²) in [7, 11) is 0. The lowest BCUT2D eigenvalue weighted by Gasteiger charge is -2.06. The molecule has 2 aromatic rings. The van der Waals surface area contributed by atoms with Crippen molar-refractivity contribution < 1.29 is 18.9 Å². The molecule has 2 rings (SSSR count). The first-order valence-electron chi connectivity index (χ1n) is 7.04.